The molecule has 0 saturated heterocycles. The van der Waals surface area contributed by atoms with E-state index in [4.69, 9.17) is 15.3 Å². The lowest BCUT2D eigenvalue weighted by molar-refractivity contribution is -0.128. The van der Waals surface area contributed by atoms with Gasteiger partial charge in [0, 0.05) is 20.1 Å². The largest absolute Gasteiger partial charge is 0.512 e. The Hall–Kier alpha value is -1.07. The van der Waals surface area contributed by atoms with Crippen LogP contribution in [0.4, 0.5) is 0 Å². The number of aliphatic hydroxyl groups is 3. The van der Waals surface area contributed by atoms with Gasteiger partial charge in [-0.15, -0.1) is 0 Å². The van der Waals surface area contributed by atoms with Crippen LogP contribution in [-0.2, 0) is 9.53 Å². The quantitative estimate of drug-likeness (QED) is 0.402. The van der Waals surface area contributed by atoms with E-state index in [0.29, 0.717) is 6.26 Å². The number of carbonyl (C=O) groups excluding carboxylic acids is 1. The number of aliphatic hydroxyl groups excluding tert-OH is 3. The molecule has 0 aromatic heterocycles. The van der Waals surface area contributed by atoms with Crippen LogP contribution in [0.25, 0.3) is 0 Å². The van der Waals surface area contributed by atoms with Crippen molar-refractivity contribution in [3.63, 3.8) is 0 Å². The van der Waals surface area contributed by atoms with Gasteiger partial charge in [-0.2, -0.15) is 0 Å². The molecule has 0 fully saturated rings. The highest BCUT2D eigenvalue weighted by Gasteiger charge is 2.20. The van der Waals surface area contributed by atoms with Crippen molar-refractivity contribution in [2.75, 3.05) is 13.7 Å². The van der Waals surface area contributed by atoms with Gasteiger partial charge in [-0.1, -0.05) is 0 Å². The lowest BCUT2D eigenvalue weighted by atomic mass is 10.1. The van der Waals surface area contributed by atoms with E-state index in [1.165, 1.54) is 7.11 Å². The Morgan fingerprint density at radius 1 is 1.67 bits per heavy atom. The summed E-state index contributed by atoms with van der Waals surface area (Å²) in [6.07, 6.45) is -0.516. The maximum Gasteiger partial charge on any atom is 0.229 e. The van der Waals surface area contributed by atoms with Crippen molar-refractivity contribution in [1.29, 1.82) is 0 Å². The molecule has 0 aliphatic carbocycles. The third-order valence-electron chi connectivity index (χ3n) is 1.34. The summed E-state index contributed by atoms with van der Waals surface area (Å²) in [4.78, 5) is 11.0. The second-order valence-electron chi connectivity index (χ2n) is 2.12. The third kappa shape index (κ3) is 2.89. The van der Waals surface area contributed by atoms with Crippen LogP contribution in [0.15, 0.2) is 12.0 Å². The fourth-order valence-electron chi connectivity index (χ4n) is 0.702. The second kappa shape index (κ2) is 5.56. The molecule has 0 aromatic carbocycles. The number of ketones is 1. The summed E-state index contributed by atoms with van der Waals surface area (Å²) in [5.74, 6) is -1.51. The summed E-state index contributed by atoms with van der Waals surface area (Å²) in [6, 6.07) is 0. The van der Waals surface area contributed by atoms with Crippen molar-refractivity contribution in [3.8, 4) is 0 Å². The van der Waals surface area contributed by atoms with Gasteiger partial charge in [0.1, 0.15) is 12.4 Å². The zero-order valence-corrected chi connectivity index (χ0v) is 6.73. The summed E-state index contributed by atoms with van der Waals surface area (Å²) in [6.45, 7) is -0.219. The zero-order valence-electron chi connectivity index (χ0n) is 6.73. The maximum absolute atomic E-state index is 11.0. The molecule has 0 saturated carbocycles. The highest BCUT2D eigenvalue weighted by atomic mass is 16.5. The summed E-state index contributed by atoms with van der Waals surface area (Å²) >= 11 is 0. The Kier molecular flexibility index (Phi) is 5.07. The molecule has 3 N–H and O–H groups in total. The van der Waals surface area contributed by atoms with Gasteiger partial charge in [0.25, 0.3) is 0 Å². The van der Waals surface area contributed by atoms with E-state index in [-0.39, 0.29) is 13.0 Å². The smallest absolute Gasteiger partial charge is 0.229 e. The van der Waals surface area contributed by atoms with Crippen molar-refractivity contribution in [1.82, 2.24) is 0 Å². The first-order valence-electron chi connectivity index (χ1n) is 3.38. The van der Waals surface area contributed by atoms with Crippen molar-refractivity contribution >= 4 is 5.78 Å². The molecule has 0 rings (SSSR count). The Labute approximate surface area is 69.9 Å². The van der Waals surface area contributed by atoms with Crippen molar-refractivity contribution < 1.29 is 24.9 Å². The average molecular weight is 176 g/mol. The topological polar surface area (TPSA) is 87.0 Å². The SMILES string of the molecule is CO[C@H](CCO)C(=O)/C(O)=C/O. The number of hydrogen-bond donors (Lipinski definition) is 3. The summed E-state index contributed by atoms with van der Waals surface area (Å²) in [7, 11) is 1.28. The van der Waals surface area contributed by atoms with Gasteiger partial charge < -0.3 is 20.1 Å². The molecule has 0 unspecified atom stereocenters. The maximum atomic E-state index is 11.0. The molecular weight excluding hydrogens is 164 g/mol. The summed E-state index contributed by atoms with van der Waals surface area (Å²) in [5, 5.41) is 25.5. The predicted molar refractivity (Wildman–Crippen MR) is 40.8 cm³/mol. The van der Waals surface area contributed by atoms with Crippen LogP contribution in [0, 0.1) is 0 Å². The molecule has 0 bridgehead atoms. The van der Waals surface area contributed by atoms with E-state index in [0.717, 1.165) is 0 Å². The van der Waals surface area contributed by atoms with Gasteiger partial charge in [-0.05, 0) is 0 Å². The number of ether oxygens (including phenoxy) is 1. The summed E-state index contributed by atoms with van der Waals surface area (Å²) < 4.78 is 4.65. The number of carbonyl (C=O) groups is 1. The molecule has 0 aliphatic rings. The molecular formula is C7H12O5. The van der Waals surface area contributed by atoms with Gasteiger partial charge >= 0.3 is 0 Å². The number of rotatable bonds is 5. The first-order chi connectivity index (χ1) is 5.67. The number of methoxy groups -OCH3 is 1. The second-order valence-corrected chi connectivity index (χ2v) is 2.12. The molecule has 12 heavy (non-hydrogen) atoms. The molecule has 0 radical (unpaired) electrons. The first-order valence-corrected chi connectivity index (χ1v) is 3.38. The van der Waals surface area contributed by atoms with Gasteiger partial charge in [-0.3, -0.25) is 4.79 Å². The van der Waals surface area contributed by atoms with Crippen LogP contribution in [0.5, 0.6) is 0 Å². The van der Waals surface area contributed by atoms with Gasteiger partial charge in [-0.25, -0.2) is 0 Å². The summed E-state index contributed by atoms with van der Waals surface area (Å²) in [5.41, 5.74) is 0. The Balaban J connectivity index is 4.21. The van der Waals surface area contributed by atoms with Crippen molar-refractivity contribution in [2.24, 2.45) is 0 Å². The van der Waals surface area contributed by atoms with E-state index in [2.05, 4.69) is 4.74 Å². The normalized spacial score (nSPS) is 14.3. The fraction of sp³-hybridized carbons (Fsp3) is 0.571. The van der Waals surface area contributed by atoms with E-state index in [1.807, 2.05) is 0 Å². The lowest BCUT2D eigenvalue weighted by Crippen LogP contribution is -2.25. The molecule has 0 heterocycles. The third-order valence-corrected chi connectivity index (χ3v) is 1.34. The molecule has 5 nitrogen and oxygen atoms in total. The zero-order chi connectivity index (χ0) is 9.56. The Bertz CT molecular complexity index is 175. The predicted octanol–water partition coefficient (Wildman–Crippen LogP) is -0.0897. The standard InChI is InChI=1S/C7H12O5/c1-12-6(2-3-8)7(11)5(10)4-9/h4,6,8-10H,2-3H2,1H3/b5-4-/t6-/m1/s1. The fourth-order valence-corrected chi connectivity index (χ4v) is 0.702. The monoisotopic (exact) mass is 176 g/mol. The minimum atomic E-state index is -0.904. The Morgan fingerprint density at radius 3 is 2.58 bits per heavy atom. The molecule has 0 spiro atoms. The van der Waals surface area contributed by atoms with E-state index < -0.39 is 17.6 Å². The molecule has 70 valence electrons. The lowest BCUT2D eigenvalue weighted by Gasteiger charge is -2.10. The Morgan fingerprint density at radius 2 is 2.25 bits per heavy atom. The first kappa shape index (κ1) is 10.9. The van der Waals surface area contributed by atoms with E-state index >= 15 is 0 Å². The van der Waals surface area contributed by atoms with Crippen LogP contribution >= 0.6 is 0 Å². The molecule has 0 aliphatic heterocycles. The molecule has 5 heteroatoms. The van der Waals surface area contributed by atoms with E-state index in [1.54, 1.807) is 0 Å². The van der Waals surface area contributed by atoms with E-state index in [9.17, 15) is 4.79 Å². The highest BCUT2D eigenvalue weighted by Crippen LogP contribution is 2.03. The van der Waals surface area contributed by atoms with Crippen molar-refractivity contribution in [3.05, 3.63) is 12.0 Å². The van der Waals surface area contributed by atoms with Crippen LogP contribution in [0.3, 0.4) is 0 Å². The molecule has 1 atom stereocenters. The van der Waals surface area contributed by atoms with Crippen LogP contribution in [0.1, 0.15) is 6.42 Å². The van der Waals surface area contributed by atoms with Gasteiger partial charge in [0.15, 0.2) is 5.76 Å². The minimum absolute atomic E-state index is 0.0905. The number of hydrogen-bond acceptors (Lipinski definition) is 5. The van der Waals surface area contributed by atoms with Crippen LogP contribution < -0.4 is 0 Å². The van der Waals surface area contributed by atoms with Crippen LogP contribution in [0.2, 0.25) is 0 Å². The van der Waals surface area contributed by atoms with Crippen molar-refractivity contribution in [2.45, 2.75) is 12.5 Å². The van der Waals surface area contributed by atoms with Crippen LogP contribution in [-0.4, -0.2) is 40.9 Å². The van der Waals surface area contributed by atoms with Gasteiger partial charge in [0.05, 0.1) is 0 Å². The molecule has 0 aromatic rings. The van der Waals surface area contributed by atoms with Gasteiger partial charge in [0.2, 0.25) is 5.78 Å². The molecule has 0 amide bonds. The number of Topliss-reactive ketones (excluding diaryl/α,β-unsaturated/α-hetero) is 1. The highest BCUT2D eigenvalue weighted by molar-refractivity contribution is 5.96. The average Bonchev–Trinajstić information content (AvgIpc) is 2.11. The minimum Gasteiger partial charge on any atom is -0.512 e.